The molecule has 0 bridgehead atoms. The number of rotatable bonds is 1. The molecule has 0 aliphatic carbocycles. The third-order valence-electron chi connectivity index (χ3n) is 4.02. The first-order valence-corrected chi connectivity index (χ1v) is 7.11. The Bertz CT molecular complexity index is 1090. The van der Waals surface area contributed by atoms with Gasteiger partial charge in [-0.3, -0.25) is 4.79 Å². The maximum Gasteiger partial charge on any atom is 0.201 e. The van der Waals surface area contributed by atoms with E-state index in [9.17, 15) is 4.79 Å². The van der Waals surface area contributed by atoms with Crippen molar-refractivity contribution in [2.45, 2.75) is 6.92 Å². The van der Waals surface area contributed by atoms with Gasteiger partial charge in [0.05, 0.1) is 17.9 Å². The molecule has 0 fully saturated rings. The molecule has 0 aliphatic heterocycles. The third kappa shape index (κ3) is 1.79. The van der Waals surface area contributed by atoms with Gasteiger partial charge in [0.2, 0.25) is 5.43 Å². The summed E-state index contributed by atoms with van der Waals surface area (Å²) in [5.74, 6) is 0.649. The van der Waals surface area contributed by atoms with Gasteiger partial charge in [-0.25, -0.2) is 0 Å². The van der Waals surface area contributed by atoms with Crippen molar-refractivity contribution < 1.29 is 9.15 Å². The zero-order chi connectivity index (χ0) is 15.3. The Kier molecular flexibility index (Phi) is 2.70. The number of fused-ring (bicyclic) bond motifs is 4. The van der Waals surface area contributed by atoms with Crippen molar-refractivity contribution in [2.75, 3.05) is 7.11 Å². The Morgan fingerprint density at radius 1 is 0.909 bits per heavy atom. The Balaban J connectivity index is 2.26. The SMILES string of the molecule is COc1ccc2oc3ccc4ccc(C)cc4c3c(=O)c2c1. The first-order chi connectivity index (χ1) is 10.7. The quantitative estimate of drug-likeness (QED) is 0.385. The number of hydrogen-bond donors (Lipinski definition) is 0. The van der Waals surface area contributed by atoms with Crippen molar-refractivity contribution >= 4 is 32.7 Å². The molecule has 0 atom stereocenters. The van der Waals surface area contributed by atoms with E-state index in [0.29, 0.717) is 27.7 Å². The van der Waals surface area contributed by atoms with E-state index in [1.54, 1.807) is 25.3 Å². The summed E-state index contributed by atoms with van der Waals surface area (Å²) in [6.07, 6.45) is 0. The molecule has 0 spiro atoms. The molecule has 3 nitrogen and oxygen atoms in total. The van der Waals surface area contributed by atoms with Crippen molar-refractivity contribution in [1.29, 1.82) is 0 Å². The van der Waals surface area contributed by atoms with Crippen LogP contribution in [0.2, 0.25) is 0 Å². The lowest BCUT2D eigenvalue weighted by Crippen LogP contribution is -2.03. The molecule has 22 heavy (non-hydrogen) atoms. The fraction of sp³-hybridized carbons (Fsp3) is 0.105. The fourth-order valence-electron chi connectivity index (χ4n) is 2.89. The first-order valence-electron chi connectivity index (χ1n) is 7.11. The third-order valence-corrected chi connectivity index (χ3v) is 4.02. The monoisotopic (exact) mass is 290 g/mol. The molecule has 1 heterocycles. The number of hydrogen-bond acceptors (Lipinski definition) is 3. The molecular formula is C19H14O3. The average molecular weight is 290 g/mol. The Morgan fingerprint density at radius 3 is 2.50 bits per heavy atom. The summed E-state index contributed by atoms with van der Waals surface area (Å²) in [6.45, 7) is 2.02. The van der Waals surface area contributed by atoms with Gasteiger partial charge < -0.3 is 9.15 Å². The zero-order valence-electron chi connectivity index (χ0n) is 12.3. The van der Waals surface area contributed by atoms with E-state index in [1.165, 1.54) is 0 Å². The van der Waals surface area contributed by atoms with Gasteiger partial charge in [-0.2, -0.15) is 0 Å². The van der Waals surface area contributed by atoms with Gasteiger partial charge in [-0.15, -0.1) is 0 Å². The number of aryl methyl sites for hydroxylation is 1. The van der Waals surface area contributed by atoms with Gasteiger partial charge in [0, 0.05) is 0 Å². The van der Waals surface area contributed by atoms with Gasteiger partial charge in [0.15, 0.2) is 0 Å². The molecule has 1 aromatic heterocycles. The van der Waals surface area contributed by atoms with Crippen LogP contribution in [0.3, 0.4) is 0 Å². The molecule has 0 amide bonds. The lowest BCUT2D eigenvalue weighted by Gasteiger charge is -2.07. The minimum Gasteiger partial charge on any atom is -0.497 e. The van der Waals surface area contributed by atoms with Crippen LogP contribution in [-0.2, 0) is 0 Å². The second-order valence-electron chi connectivity index (χ2n) is 5.46. The standard InChI is InChI=1S/C19H14O3/c1-11-3-4-12-5-7-17-18(14(12)9-11)19(20)15-10-13(21-2)6-8-16(15)22-17/h3-10H,1-2H3. The molecule has 4 rings (SSSR count). The van der Waals surface area contributed by atoms with Crippen LogP contribution in [0.5, 0.6) is 5.75 Å². The highest BCUT2D eigenvalue weighted by atomic mass is 16.5. The number of ether oxygens (including phenoxy) is 1. The van der Waals surface area contributed by atoms with E-state index < -0.39 is 0 Å². The van der Waals surface area contributed by atoms with Crippen molar-refractivity contribution in [2.24, 2.45) is 0 Å². The van der Waals surface area contributed by atoms with Crippen LogP contribution in [-0.4, -0.2) is 7.11 Å². The molecule has 3 heteroatoms. The summed E-state index contributed by atoms with van der Waals surface area (Å²) in [6, 6.07) is 15.2. The number of methoxy groups -OCH3 is 1. The predicted octanol–water partition coefficient (Wildman–Crippen LogP) is 4.42. The Hall–Kier alpha value is -2.81. The topological polar surface area (TPSA) is 39.4 Å². The molecule has 0 saturated carbocycles. The van der Waals surface area contributed by atoms with Gasteiger partial charge >= 0.3 is 0 Å². The summed E-state index contributed by atoms with van der Waals surface area (Å²) in [4.78, 5) is 13.0. The Morgan fingerprint density at radius 2 is 1.68 bits per heavy atom. The highest BCUT2D eigenvalue weighted by Crippen LogP contribution is 2.28. The van der Waals surface area contributed by atoms with Gasteiger partial charge in [0.1, 0.15) is 16.9 Å². The summed E-state index contributed by atoms with van der Waals surface area (Å²) in [5, 5.41) is 3.13. The van der Waals surface area contributed by atoms with E-state index in [0.717, 1.165) is 16.3 Å². The minimum absolute atomic E-state index is 0.0219. The molecule has 0 unspecified atom stereocenters. The molecular weight excluding hydrogens is 276 g/mol. The summed E-state index contributed by atoms with van der Waals surface area (Å²) in [5.41, 5.74) is 2.28. The van der Waals surface area contributed by atoms with E-state index in [4.69, 9.17) is 9.15 Å². The van der Waals surface area contributed by atoms with Crippen molar-refractivity contribution in [1.82, 2.24) is 0 Å². The normalized spacial score (nSPS) is 11.4. The smallest absolute Gasteiger partial charge is 0.201 e. The lowest BCUT2D eigenvalue weighted by atomic mass is 10.0. The van der Waals surface area contributed by atoms with Crippen LogP contribution < -0.4 is 10.2 Å². The summed E-state index contributed by atoms with van der Waals surface area (Å²) < 4.78 is 11.1. The molecule has 0 aliphatic rings. The molecule has 3 aromatic carbocycles. The summed E-state index contributed by atoms with van der Waals surface area (Å²) >= 11 is 0. The van der Waals surface area contributed by atoms with E-state index >= 15 is 0 Å². The Labute approximate surface area is 126 Å². The van der Waals surface area contributed by atoms with Crippen LogP contribution >= 0.6 is 0 Å². The van der Waals surface area contributed by atoms with E-state index in [2.05, 4.69) is 0 Å². The van der Waals surface area contributed by atoms with Crippen LogP contribution in [0.4, 0.5) is 0 Å². The van der Waals surface area contributed by atoms with Gasteiger partial charge in [-0.1, -0.05) is 29.8 Å². The molecule has 108 valence electrons. The van der Waals surface area contributed by atoms with Gasteiger partial charge in [-0.05, 0) is 42.0 Å². The lowest BCUT2D eigenvalue weighted by molar-refractivity contribution is 0.415. The van der Waals surface area contributed by atoms with Crippen molar-refractivity contribution in [3.05, 3.63) is 64.3 Å². The van der Waals surface area contributed by atoms with Crippen LogP contribution in [0.25, 0.3) is 32.7 Å². The molecule has 4 aromatic rings. The molecule has 0 N–H and O–H groups in total. The zero-order valence-corrected chi connectivity index (χ0v) is 12.3. The molecule has 0 radical (unpaired) electrons. The highest BCUT2D eigenvalue weighted by molar-refractivity contribution is 6.08. The van der Waals surface area contributed by atoms with E-state index in [1.807, 2.05) is 37.3 Å². The predicted molar refractivity (Wildman–Crippen MR) is 88.8 cm³/mol. The van der Waals surface area contributed by atoms with Crippen molar-refractivity contribution in [3.8, 4) is 5.75 Å². The second-order valence-corrected chi connectivity index (χ2v) is 5.46. The first kappa shape index (κ1) is 12.9. The van der Waals surface area contributed by atoms with Gasteiger partial charge in [0.25, 0.3) is 0 Å². The largest absolute Gasteiger partial charge is 0.497 e. The van der Waals surface area contributed by atoms with Crippen LogP contribution in [0.15, 0.2) is 57.7 Å². The van der Waals surface area contributed by atoms with Crippen LogP contribution in [0.1, 0.15) is 5.56 Å². The fourth-order valence-corrected chi connectivity index (χ4v) is 2.89. The second kappa shape index (κ2) is 4.60. The maximum absolute atomic E-state index is 13.0. The highest BCUT2D eigenvalue weighted by Gasteiger charge is 2.11. The van der Waals surface area contributed by atoms with E-state index in [-0.39, 0.29) is 5.43 Å². The average Bonchev–Trinajstić information content (AvgIpc) is 2.54. The molecule has 0 saturated heterocycles. The van der Waals surface area contributed by atoms with Crippen molar-refractivity contribution in [3.63, 3.8) is 0 Å². The maximum atomic E-state index is 13.0. The summed E-state index contributed by atoms with van der Waals surface area (Å²) in [7, 11) is 1.59. The number of benzene rings is 3. The van der Waals surface area contributed by atoms with Crippen LogP contribution in [0, 0.1) is 6.92 Å². The minimum atomic E-state index is -0.0219.